The molecule has 6 nitrogen and oxygen atoms in total. The summed E-state index contributed by atoms with van der Waals surface area (Å²) in [4.78, 5) is 24.7. The minimum absolute atomic E-state index is 0.241. The number of hydrogen-bond donors (Lipinski definition) is 0. The summed E-state index contributed by atoms with van der Waals surface area (Å²) in [6, 6.07) is 7.63. The Labute approximate surface area is 143 Å². The monoisotopic (exact) mass is 332 g/mol. The van der Waals surface area contributed by atoms with Gasteiger partial charge in [0.15, 0.2) is 13.2 Å². The molecule has 0 N–H and O–H groups in total. The van der Waals surface area contributed by atoms with Crippen molar-refractivity contribution >= 4 is 11.9 Å². The van der Waals surface area contributed by atoms with Crippen molar-refractivity contribution in [2.24, 2.45) is 0 Å². The molecule has 0 heterocycles. The highest BCUT2D eigenvalue weighted by molar-refractivity contribution is 5.80. The van der Waals surface area contributed by atoms with Crippen LogP contribution in [0.15, 0.2) is 18.2 Å². The van der Waals surface area contributed by atoms with Gasteiger partial charge in [0, 0.05) is 13.6 Å². The van der Waals surface area contributed by atoms with Crippen LogP contribution in [0.25, 0.3) is 0 Å². The number of nitrogens with zero attached hydrogens (tertiary/aromatic N) is 2. The number of hydrogen-bond acceptors (Lipinski definition) is 5. The number of amides is 1. The van der Waals surface area contributed by atoms with E-state index in [-0.39, 0.29) is 25.5 Å². The zero-order chi connectivity index (χ0) is 18.1. The number of esters is 1. The van der Waals surface area contributed by atoms with Crippen LogP contribution in [0.3, 0.4) is 0 Å². The van der Waals surface area contributed by atoms with E-state index in [1.165, 1.54) is 10.5 Å². The second-order valence-corrected chi connectivity index (χ2v) is 5.85. The molecule has 1 amide bonds. The van der Waals surface area contributed by atoms with Gasteiger partial charge in [-0.2, -0.15) is 5.26 Å². The van der Waals surface area contributed by atoms with Crippen molar-refractivity contribution in [2.45, 2.75) is 33.1 Å². The lowest BCUT2D eigenvalue weighted by Crippen LogP contribution is -2.32. The Balaban J connectivity index is 2.40. The van der Waals surface area contributed by atoms with Crippen molar-refractivity contribution in [1.82, 2.24) is 4.90 Å². The van der Waals surface area contributed by atoms with E-state index in [2.05, 4.69) is 13.8 Å². The van der Waals surface area contributed by atoms with Gasteiger partial charge in [-0.05, 0) is 36.1 Å². The minimum Gasteiger partial charge on any atom is -0.482 e. The molecule has 0 aliphatic heterocycles. The third kappa shape index (κ3) is 6.29. The summed E-state index contributed by atoms with van der Waals surface area (Å²) in [5.74, 6) is 0.0534. The van der Waals surface area contributed by atoms with Crippen molar-refractivity contribution in [1.29, 1.82) is 5.26 Å². The second kappa shape index (κ2) is 9.56. The van der Waals surface area contributed by atoms with E-state index in [0.29, 0.717) is 18.2 Å². The van der Waals surface area contributed by atoms with Crippen LogP contribution < -0.4 is 4.74 Å². The quantitative estimate of drug-likeness (QED) is 0.683. The van der Waals surface area contributed by atoms with Gasteiger partial charge in [-0.3, -0.25) is 4.79 Å². The predicted octanol–water partition coefficient (Wildman–Crippen LogP) is 2.41. The van der Waals surface area contributed by atoms with Crippen LogP contribution >= 0.6 is 0 Å². The summed E-state index contributed by atoms with van der Waals surface area (Å²) >= 11 is 0. The van der Waals surface area contributed by atoms with E-state index < -0.39 is 5.97 Å². The minimum atomic E-state index is -0.609. The molecule has 0 aliphatic rings. The maximum absolute atomic E-state index is 11.7. The van der Waals surface area contributed by atoms with Crippen LogP contribution in [0.1, 0.15) is 37.3 Å². The molecular weight excluding hydrogens is 308 g/mol. The van der Waals surface area contributed by atoms with E-state index in [1.54, 1.807) is 7.05 Å². The van der Waals surface area contributed by atoms with Gasteiger partial charge in [0.2, 0.25) is 0 Å². The Kier molecular flexibility index (Phi) is 7.76. The van der Waals surface area contributed by atoms with Crippen molar-refractivity contribution in [2.75, 3.05) is 26.8 Å². The SMILES string of the molecule is Cc1cc(OCC(=O)OCC(=O)N(C)CCC#N)ccc1C(C)C. The van der Waals surface area contributed by atoms with Gasteiger partial charge in [0.1, 0.15) is 5.75 Å². The van der Waals surface area contributed by atoms with Crippen molar-refractivity contribution in [3.63, 3.8) is 0 Å². The highest BCUT2D eigenvalue weighted by atomic mass is 16.6. The molecule has 0 bridgehead atoms. The number of ether oxygens (including phenoxy) is 2. The van der Waals surface area contributed by atoms with Crippen LogP contribution in [-0.4, -0.2) is 43.6 Å². The normalized spacial score (nSPS) is 10.2. The summed E-state index contributed by atoms with van der Waals surface area (Å²) in [6.07, 6.45) is 0.241. The average molecular weight is 332 g/mol. The third-order valence-electron chi connectivity index (χ3n) is 3.56. The van der Waals surface area contributed by atoms with E-state index in [4.69, 9.17) is 14.7 Å². The average Bonchev–Trinajstić information content (AvgIpc) is 2.55. The Hall–Kier alpha value is -2.55. The number of aryl methyl sites for hydroxylation is 1. The molecule has 0 radical (unpaired) electrons. The lowest BCUT2D eigenvalue weighted by molar-refractivity contribution is -0.153. The summed E-state index contributed by atoms with van der Waals surface area (Å²) in [7, 11) is 1.56. The fourth-order valence-electron chi connectivity index (χ4n) is 2.16. The van der Waals surface area contributed by atoms with Gasteiger partial charge in [-0.1, -0.05) is 19.9 Å². The number of likely N-dealkylation sites (N-methyl/N-ethyl adjacent to an activating group) is 1. The molecule has 0 saturated heterocycles. The molecule has 0 unspecified atom stereocenters. The molecule has 0 atom stereocenters. The highest BCUT2D eigenvalue weighted by Gasteiger charge is 2.12. The van der Waals surface area contributed by atoms with Crippen LogP contribution in [-0.2, 0) is 14.3 Å². The molecular formula is C18H24N2O4. The highest BCUT2D eigenvalue weighted by Crippen LogP contribution is 2.23. The Morgan fingerprint density at radius 2 is 2.00 bits per heavy atom. The van der Waals surface area contributed by atoms with Gasteiger partial charge in [0.25, 0.3) is 5.91 Å². The molecule has 6 heteroatoms. The Bertz CT molecular complexity index is 620. The van der Waals surface area contributed by atoms with Gasteiger partial charge in [-0.25, -0.2) is 4.79 Å². The summed E-state index contributed by atoms with van der Waals surface area (Å²) < 4.78 is 10.3. The summed E-state index contributed by atoms with van der Waals surface area (Å²) in [6.45, 7) is 5.93. The van der Waals surface area contributed by atoms with E-state index >= 15 is 0 Å². The number of rotatable bonds is 8. The molecule has 0 aliphatic carbocycles. The Morgan fingerprint density at radius 3 is 2.58 bits per heavy atom. The van der Waals surface area contributed by atoms with Crippen LogP contribution in [0.2, 0.25) is 0 Å². The largest absolute Gasteiger partial charge is 0.482 e. The van der Waals surface area contributed by atoms with E-state index in [9.17, 15) is 9.59 Å². The molecule has 130 valence electrons. The standard InChI is InChI=1S/C18H24N2O4/c1-13(2)16-7-6-15(10-14(16)3)23-12-18(22)24-11-17(21)20(4)9-5-8-19/h6-7,10,13H,5,9,11-12H2,1-4H3. The third-order valence-corrected chi connectivity index (χ3v) is 3.56. The maximum atomic E-state index is 11.7. The zero-order valence-electron chi connectivity index (χ0n) is 14.7. The first-order chi connectivity index (χ1) is 11.3. The van der Waals surface area contributed by atoms with Gasteiger partial charge < -0.3 is 14.4 Å². The Morgan fingerprint density at radius 1 is 1.29 bits per heavy atom. The first-order valence-corrected chi connectivity index (χ1v) is 7.85. The smallest absolute Gasteiger partial charge is 0.344 e. The fourth-order valence-corrected chi connectivity index (χ4v) is 2.16. The predicted molar refractivity (Wildman–Crippen MR) is 89.6 cm³/mol. The first kappa shape index (κ1) is 19.5. The molecule has 1 aromatic carbocycles. The molecule has 0 fully saturated rings. The van der Waals surface area contributed by atoms with Crippen LogP contribution in [0.5, 0.6) is 5.75 Å². The first-order valence-electron chi connectivity index (χ1n) is 7.85. The molecule has 0 aromatic heterocycles. The lowest BCUT2D eigenvalue weighted by atomic mass is 9.98. The topological polar surface area (TPSA) is 79.6 Å². The van der Waals surface area contributed by atoms with E-state index in [0.717, 1.165) is 5.56 Å². The van der Waals surface area contributed by atoms with Gasteiger partial charge in [-0.15, -0.1) is 0 Å². The van der Waals surface area contributed by atoms with Crippen LogP contribution in [0.4, 0.5) is 0 Å². The zero-order valence-corrected chi connectivity index (χ0v) is 14.7. The summed E-state index contributed by atoms with van der Waals surface area (Å²) in [5.41, 5.74) is 2.33. The number of carbonyl (C=O) groups is 2. The maximum Gasteiger partial charge on any atom is 0.344 e. The second-order valence-electron chi connectivity index (χ2n) is 5.85. The molecule has 0 saturated carbocycles. The molecule has 1 rings (SSSR count). The lowest BCUT2D eigenvalue weighted by Gasteiger charge is -2.15. The number of carbonyl (C=O) groups excluding carboxylic acids is 2. The number of benzene rings is 1. The molecule has 1 aromatic rings. The van der Waals surface area contributed by atoms with E-state index in [1.807, 2.05) is 31.2 Å². The van der Waals surface area contributed by atoms with Crippen molar-refractivity contribution in [3.05, 3.63) is 29.3 Å². The van der Waals surface area contributed by atoms with Gasteiger partial charge >= 0.3 is 5.97 Å². The molecule has 24 heavy (non-hydrogen) atoms. The van der Waals surface area contributed by atoms with Crippen molar-refractivity contribution in [3.8, 4) is 11.8 Å². The molecule has 0 spiro atoms. The van der Waals surface area contributed by atoms with Crippen LogP contribution in [0, 0.1) is 18.3 Å². The fraction of sp³-hybridized carbons (Fsp3) is 0.500. The summed E-state index contributed by atoms with van der Waals surface area (Å²) in [5, 5.41) is 8.47. The van der Waals surface area contributed by atoms with Crippen molar-refractivity contribution < 1.29 is 19.1 Å². The number of nitriles is 1. The van der Waals surface area contributed by atoms with Gasteiger partial charge in [0.05, 0.1) is 12.5 Å².